The molecule has 0 spiro atoms. The molecule has 1 aliphatic rings. The normalized spacial score (nSPS) is 12.9. The lowest BCUT2D eigenvalue weighted by Gasteiger charge is -2.28. The van der Waals surface area contributed by atoms with Crippen molar-refractivity contribution in [1.29, 1.82) is 0 Å². The summed E-state index contributed by atoms with van der Waals surface area (Å²) in [4.78, 5) is 37.0. The number of nitrogens with zero attached hydrogens (tertiary/aromatic N) is 1. The molecular weight excluding hydrogens is 344 g/mol. The topological polar surface area (TPSA) is 75.7 Å². The number of hydrogen-bond acceptors (Lipinski definition) is 4. The maximum Gasteiger partial charge on any atom is 0.310 e. The van der Waals surface area contributed by atoms with Crippen molar-refractivity contribution in [3.05, 3.63) is 65.2 Å². The van der Waals surface area contributed by atoms with E-state index in [0.29, 0.717) is 18.8 Å². The van der Waals surface area contributed by atoms with Gasteiger partial charge in [0.1, 0.15) is 0 Å². The molecular formula is C21H22N2O4. The lowest BCUT2D eigenvalue weighted by Crippen LogP contribution is -2.38. The molecule has 2 amide bonds. The molecule has 2 aromatic rings. The molecule has 0 fully saturated rings. The van der Waals surface area contributed by atoms with Gasteiger partial charge in [0.15, 0.2) is 6.61 Å². The fourth-order valence-electron chi connectivity index (χ4n) is 3.07. The zero-order valence-electron chi connectivity index (χ0n) is 15.2. The molecule has 1 aliphatic heterocycles. The first kappa shape index (κ1) is 18.6. The van der Waals surface area contributed by atoms with Crippen LogP contribution in [0.15, 0.2) is 48.5 Å². The number of benzene rings is 2. The van der Waals surface area contributed by atoms with E-state index in [4.69, 9.17) is 4.74 Å². The Kier molecular flexibility index (Phi) is 5.86. The molecule has 6 heteroatoms. The molecule has 2 aromatic carbocycles. The van der Waals surface area contributed by atoms with Crippen molar-refractivity contribution in [2.45, 2.75) is 26.3 Å². The Morgan fingerprint density at radius 2 is 1.74 bits per heavy atom. The smallest absolute Gasteiger partial charge is 0.310 e. The number of amides is 2. The molecule has 0 aliphatic carbocycles. The lowest BCUT2D eigenvalue weighted by atomic mass is 10.00. The molecule has 0 unspecified atom stereocenters. The number of fused-ring (bicyclic) bond motifs is 1. The van der Waals surface area contributed by atoms with Gasteiger partial charge < -0.3 is 15.0 Å². The second-order valence-electron chi connectivity index (χ2n) is 6.55. The van der Waals surface area contributed by atoms with Crippen LogP contribution >= 0.6 is 0 Å². The Hall–Kier alpha value is -3.15. The number of nitrogens with one attached hydrogen (secondary N) is 1. The van der Waals surface area contributed by atoms with Crippen molar-refractivity contribution in [3.63, 3.8) is 0 Å². The van der Waals surface area contributed by atoms with Crippen molar-refractivity contribution in [3.8, 4) is 0 Å². The van der Waals surface area contributed by atoms with Crippen LogP contribution in [0.3, 0.4) is 0 Å². The molecule has 6 nitrogen and oxygen atoms in total. The van der Waals surface area contributed by atoms with Crippen LogP contribution in [0.5, 0.6) is 0 Å². The monoisotopic (exact) mass is 366 g/mol. The summed E-state index contributed by atoms with van der Waals surface area (Å²) < 4.78 is 5.14. The van der Waals surface area contributed by atoms with Crippen LogP contribution in [-0.2, 0) is 38.5 Å². The first-order chi connectivity index (χ1) is 13.0. The van der Waals surface area contributed by atoms with Gasteiger partial charge in [-0.1, -0.05) is 36.4 Å². The average Bonchev–Trinajstić information content (AvgIpc) is 2.67. The lowest BCUT2D eigenvalue weighted by molar-refractivity contribution is -0.151. The minimum Gasteiger partial charge on any atom is -0.455 e. The largest absolute Gasteiger partial charge is 0.455 e. The van der Waals surface area contributed by atoms with Gasteiger partial charge in [0.25, 0.3) is 5.91 Å². The zero-order valence-corrected chi connectivity index (χ0v) is 15.2. The highest BCUT2D eigenvalue weighted by Crippen LogP contribution is 2.18. The summed E-state index contributed by atoms with van der Waals surface area (Å²) in [5, 5.41) is 2.66. The first-order valence-electron chi connectivity index (χ1n) is 8.88. The number of anilines is 1. The molecule has 1 heterocycles. The molecule has 0 saturated heterocycles. The van der Waals surface area contributed by atoms with E-state index in [9.17, 15) is 14.4 Å². The van der Waals surface area contributed by atoms with Crippen molar-refractivity contribution in [1.82, 2.24) is 4.90 Å². The Morgan fingerprint density at radius 3 is 2.44 bits per heavy atom. The van der Waals surface area contributed by atoms with Gasteiger partial charge in [0.05, 0.1) is 6.42 Å². The fraction of sp³-hybridized carbons (Fsp3) is 0.286. The minimum atomic E-state index is -0.451. The molecule has 0 atom stereocenters. The van der Waals surface area contributed by atoms with E-state index in [1.165, 1.54) is 12.5 Å². The van der Waals surface area contributed by atoms with Crippen molar-refractivity contribution in [2.75, 3.05) is 18.5 Å². The third kappa shape index (κ3) is 5.17. The number of hydrogen-bond donors (Lipinski definition) is 1. The van der Waals surface area contributed by atoms with E-state index in [1.54, 1.807) is 29.2 Å². The van der Waals surface area contributed by atoms with E-state index >= 15 is 0 Å². The number of ether oxygens (including phenoxy) is 1. The highest BCUT2D eigenvalue weighted by molar-refractivity contribution is 5.88. The van der Waals surface area contributed by atoms with Crippen LogP contribution in [0.25, 0.3) is 0 Å². The van der Waals surface area contributed by atoms with Crippen molar-refractivity contribution >= 4 is 23.5 Å². The van der Waals surface area contributed by atoms with Crippen molar-refractivity contribution in [2.24, 2.45) is 0 Å². The molecule has 27 heavy (non-hydrogen) atoms. The molecule has 1 N–H and O–H groups in total. The van der Waals surface area contributed by atoms with Gasteiger partial charge >= 0.3 is 5.97 Å². The van der Waals surface area contributed by atoms with Crippen LogP contribution in [0.1, 0.15) is 23.6 Å². The summed E-state index contributed by atoms with van der Waals surface area (Å²) >= 11 is 0. The summed E-state index contributed by atoms with van der Waals surface area (Å²) in [7, 11) is 0. The number of rotatable bonds is 5. The number of esters is 1. The second-order valence-corrected chi connectivity index (χ2v) is 6.55. The van der Waals surface area contributed by atoms with Gasteiger partial charge in [-0.05, 0) is 35.2 Å². The average molecular weight is 366 g/mol. The van der Waals surface area contributed by atoms with Gasteiger partial charge in [-0.3, -0.25) is 14.4 Å². The first-order valence-corrected chi connectivity index (χ1v) is 8.88. The SMILES string of the molecule is CC(=O)Nc1ccc(CC(=O)OCC(=O)N2CCc3ccccc3C2)cc1. The van der Waals surface area contributed by atoms with E-state index in [-0.39, 0.29) is 24.8 Å². The van der Waals surface area contributed by atoms with Crippen molar-refractivity contribution < 1.29 is 19.1 Å². The Balaban J connectivity index is 1.46. The van der Waals surface area contributed by atoms with Gasteiger partial charge in [-0.25, -0.2) is 0 Å². The maximum atomic E-state index is 12.3. The van der Waals surface area contributed by atoms with Gasteiger partial charge in [0.2, 0.25) is 5.91 Å². The van der Waals surface area contributed by atoms with Crippen LogP contribution in [0.4, 0.5) is 5.69 Å². The standard InChI is InChI=1S/C21H22N2O4/c1-15(24)22-19-8-6-16(7-9-19)12-21(26)27-14-20(25)23-11-10-17-4-2-3-5-18(17)13-23/h2-9H,10-14H2,1H3,(H,22,24). The van der Waals surface area contributed by atoms with Gasteiger partial charge in [0, 0.05) is 25.7 Å². The molecule has 0 radical (unpaired) electrons. The highest BCUT2D eigenvalue weighted by Gasteiger charge is 2.21. The van der Waals surface area contributed by atoms with Gasteiger partial charge in [-0.15, -0.1) is 0 Å². The predicted octanol–water partition coefficient (Wildman–Crippen LogP) is 2.32. The summed E-state index contributed by atoms with van der Waals surface area (Å²) in [6.45, 7) is 2.38. The van der Waals surface area contributed by atoms with Gasteiger partial charge in [-0.2, -0.15) is 0 Å². The number of carbonyl (C=O) groups excluding carboxylic acids is 3. The van der Waals surface area contributed by atoms with Crippen LogP contribution in [0, 0.1) is 0 Å². The molecule has 3 rings (SSSR count). The van der Waals surface area contributed by atoms with Crippen LogP contribution in [0.2, 0.25) is 0 Å². The quantitative estimate of drug-likeness (QED) is 0.824. The van der Waals surface area contributed by atoms with Crippen LogP contribution in [-0.4, -0.2) is 35.8 Å². The Morgan fingerprint density at radius 1 is 1.04 bits per heavy atom. The molecule has 0 aromatic heterocycles. The Bertz CT molecular complexity index is 846. The van der Waals surface area contributed by atoms with Crippen LogP contribution < -0.4 is 5.32 Å². The molecule has 140 valence electrons. The predicted molar refractivity (Wildman–Crippen MR) is 101 cm³/mol. The minimum absolute atomic E-state index is 0.0798. The van der Waals surface area contributed by atoms with E-state index in [1.807, 2.05) is 18.2 Å². The summed E-state index contributed by atoms with van der Waals surface area (Å²) in [5.74, 6) is -0.784. The second kappa shape index (κ2) is 8.49. The summed E-state index contributed by atoms with van der Waals surface area (Å²) in [5.41, 5.74) is 3.83. The fourth-order valence-corrected chi connectivity index (χ4v) is 3.07. The summed E-state index contributed by atoms with van der Waals surface area (Å²) in [6, 6.07) is 15.0. The third-order valence-electron chi connectivity index (χ3n) is 4.46. The summed E-state index contributed by atoms with van der Waals surface area (Å²) in [6.07, 6.45) is 0.896. The Labute approximate surface area is 158 Å². The van der Waals surface area contributed by atoms with E-state index < -0.39 is 5.97 Å². The molecule has 0 bridgehead atoms. The van der Waals surface area contributed by atoms with E-state index in [2.05, 4.69) is 11.4 Å². The van der Waals surface area contributed by atoms with E-state index in [0.717, 1.165) is 17.5 Å². The number of carbonyl (C=O) groups is 3. The highest BCUT2D eigenvalue weighted by atomic mass is 16.5. The zero-order chi connectivity index (χ0) is 19.2. The molecule has 0 saturated carbocycles. The maximum absolute atomic E-state index is 12.3. The third-order valence-corrected chi connectivity index (χ3v) is 4.46.